The molecule has 0 aromatic carbocycles. The molecule has 0 fully saturated rings. The third kappa shape index (κ3) is 14.9. The van der Waals surface area contributed by atoms with Crippen LogP contribution in [-0.4, -0.2) is 25.2 Å². The summed E-state index contributed by atoms with van der Waals surface area (Å²) >= 11 is 0. The standard InChI is InChI=1S/C17H30O4/c1-3-5-7-9-11-15-21-17(19)13-12-16(18)20-14-10-8-6-4-2/h12-13H,3-11,14-15H2,1-2H3/b13-12+. The molecule has 0 saturated carbocycles. The topological polar surface area (TPSA) is 52.6 Å². The summed E-state index contributed by atoms with van der Waals surface area (Å²) in [4.78, 5) is 22.6. The number of carbonyl (C=O) groups excluding carboxylic acids is 2. The number of carbonyl (C=O) groups is 2. The monoisotopic (exact) mass is 298 g/mol. The van der Waals surface area contributed by atoms with Crippen LogP contribution in [0, 0.1) is 0 Å². The van der Waals surface area contributed by atoms with E-state index in [4.69, 9.17) is 9.47 Å². The fourth-order valence-corrected chi connectivity index (χ4v) is 1.81. The zero-order chi connectivity index (χ0) is 15.8. The molecule has 0 saturated heterocycles. The molecule has 0 N–H and O–H groups in total. The average molecular weight is 298 g/mol. The van der Waals surface area contributed by atoms with Gasteiger partial charge in [0, 0.05) is 12.2 Å². The summed E-state index contributed by atoms with van der Waals surface area (Å²) in [7, 11) is 0. The molecule has 0 amide bonds. The third-order valence-electron chi connectivity index (χ3n) is 3.09. The summed E-state index contributed by atoms with van der Waals surface area (Å²) in [6, 6.07) is 0. The lowest BCUT2D eigenvalue weighted by atomic mass is 10.2. The highest BCUT2D eigenvalue weighted by molar-refractivity contribution is 5.91. The molecular formula is C17H30O4. The van der Waals surface area contributed by atoms with Gasteiger partial charge in [-0.05, 0) is 12.8 Å². The summed E-state index contributed by atoms with van der Waals surface area (Å²) in [5, 5.41) is 0. The first-order valence-corrected chi connectivity index (χ1v) is 8.22. The predicted molar refractivity (Wildman–Crippen MR) is 84.0 cm³/mol. The smallest absolute Gasteiger partial charge is 0.331 e. The summed E-state index contributed by atoms with van der Waals surface area (Å²) in [5.41, 5.74) is 0. The van der Waals surface area contributed by atoms with Gasteiger partial charge in [-0.2, -0.15) is 0 Å². The lowest BCUT2D eigenvalue weighted by Gasteiger charge is -2.02. The van der Waals surface area contributed by atoms with E-state index < -0.39 is 11.9 Å². The quantitative estimate of drug-likeness (QED) is 0.291. The third-order valence-corrected chi connectivity index (χ3v) is 3.09. The minimum absolute atomic E-state index is 0.412. The zero-order valence-electron chi connectivity index (χ0n) is 13.6. The molecule has 4 heteroatoms. The van der Waals surface area contributed by atoms with E-state index in [1.165, 1.54) is 19.3 Å². The second-order valence-electron chi connectivity index (χ2n) is 5.14. The van der Waals surface area contributed by atoms with Crippen LogP contribution in [-0.2, 0) is 19.1 Å². The van der Waals surface area contributed by atoms with Crippen molar-refractivity contribution in [3.8, 4) is 0 Å². The maximum atomic E-state index is 11.3. The molecular weight excluding hydrogens is 268 g/mol. The summed E-state index contributed by atoms with van der Waals surface area (Å²) in [6.07, 6.45) is 12.1. The second-order valence-corrected chi connectivity index (χ2v) is 5.14. The van der Waals surface area contributed by atoms with Crippen molar-refractivity contribution in [2.45, 2.75) is 71.6 Å². The van der Waals surface area contributed by atoms with Crippen LogP contribution in [0.4, 0.5) is 0 Å². The highest BCUT2D eigenvalue weighted by Crippen LogP contribution is 2.02. The predicted octanol–water partition coefficient (Wildman–Crippen LogP) is 4.18. The highest BCUT2D eigenvalue weighted by atomic mass is 16.5. The number of hydrogen-bond acceptors (Lipinski definition) is 4. The fraction of sp³-hybridized carbons (Fsp3) is 0.765. The fourth-order valence-electron chi connectivity index (χ4n) is 1.81. The van der Waals surface area contributed by atoms with E-state index in [0.717, 1.165) is 50.7 Å². The molecule has 0 aromatic rings. The van der Waals surface area contributed by atoms with Crippen LogP contribution in [0.3, 0.4) is 0 Å². The van der Waals surface area contributed by atoms with Crippen LogP contribution in [0.1, 0.15) is 71.6 Å². The lowest BCUT2D eigenvalue weighted by molar-refractivity contribution is -0.140. The van der Waals surface area contributed by atoms with Gasteiger partial charge in [0.1, 0.15) is 0 Å². The molecule has 0 aliphatic heterocycles. The van der Waals surface area contributed by atoms with E-state index in [2.05, 4.69) is 13.8 Å². The Morgan fingerprint density at radius 3 is 1.48 bits per heavy atom. The lowest BCUT2D eigenvalue weighted by Crippen LogP contribution is -2.06. The Bertz CT molecular complexity index is 297. The van der Waals surface area contributed by atoms with Crippen molar-refractivity contribution >= 4 is 11.9 Å². The molecule has 0 aliphatic rings. The molecule has 0 aromatic heterocycles. The van der Waals surface area contributed by atoms with Crippen LogP contribution in [0.25, 0.3) is 0 Å². The van der Waals surface area contributed by atoms with Crippen molar-refractivity contribution in [1.82, 2.24) is 0 Å². The van der Waals surface area contributed by atoms with E-state index in [1.807, 2.05) is 0 Å². The number of hydrogen-bond donors (Lipinski definition) is 0. The van der Waals surface area contributed by atoms with Gasteiger partial charge in [0.2, 0.25) is 0 Å². The van der Waals surface area contributed by atoms with Gasteiger partial charge < -0.3 is 9.47 Å². The summed E-state index contributed by atoms with van der Waals surface area (Å²) in [5.74, 6) is -0.959. The van der Waals surface area contributed by atoms with Crippen LogP contribution < -0.4 is 0 Å². The average Bonchev–Trinajstić information content (AvgIpc) is 2.48. The van der Waals surface area contributed by atoms with Crippen molar-refractivity contribution < 1.29 is 19.1 Å². The number of rotatable bonds is 13. The van der Waals surface area contributed by atoms with Gasteiger partial charge in [0.15, 0.2) is 0 Å². The molecule has 0 rings (SSSR count). The van der Waals surface area contributed by atoms with Crippen LogP contribution in [0.2, 0.25) is 0 Å². The Hall–Kier alpha value is -1.32. The molecule has 21 heavy (non-hydrogen) atoms. The van der Waals surface area contributed by atoms with Crippen molar-refractivity contribution in [1.29, 1.82) is 0 Å². The van der Waals surface area contributed by atoms with Crippen LogP contribution in [0.15, 0.2) is 12.2 Å². The van der Waals surface area contributed by atoms with Gasteiger partial charge in [0.25, 0.3) is 0 Å². The molecule has 0 radical (unpaired) electrons. The first-order valence-electron chi connectivity index (χ1n) is 8.22. The minimum atomic E-state index is -0.480. The van der Waals surface area contributed by atoms with Gasteiger partial charge in [-0.15, -0.1) is 0 Å². The number of esters is 2. The molecule has 0 bridgehead atoms. The molecule has 0 heterocycles. The maximum Gasteiger partial charge on any atom is 0.331 e. The molecule has 0 unspecified atom stereocenters. The number of unbranched alkanes of at least 4 members (excludes halogenated alkanes) is 7. The van der Waals surface area contributed by atoms with Gasteiger partial charge in [0.05, 0.1) is 13.2 Å². The Morgan fingerprint density at radius 2 is 1.05 bits per heavy atom. The second kappa shape index (κ2) is 15.1. The normalized spacial score (nSPS) is 10.8. The Balaban J connectivity index is 3.52. The Morgan fingerprint density at radius 1 is 0.667 bits per heavy atom. The van der Waals surface area contributed by atoms with Crippen LogP contribution >= 0.6 is 0 Å². The van der Waals surface area contributed by atoms with Gasteiger partial charge >= 0.3 is 11.9 Å². The van der Waals surface area contributed by atoms with Gasteiger partial charge in [-0.3, -0.25) is 0 Å². The largest absolute Gasteiger partial charge is 0.463 e. The van der Waals surface area contributed by atoms with E-state index in [1.54, 1.807) is 0 Å². The molecule has 4 nitrogen and oxygen atoms in total. The van der Waals surface area contributed by atoms with Gasteiger partial charge in [-0.25, -0.2) is 9.59 Å². The first-order chi connectivity index (χ1) is 10.2. The minimum Gasteiger partial charge on any atom is -0.463 e. The van der Waals surface area contributed by atoms with E-state index >= 15 is 0 Å². The molecule has 0 spiro atoms. The van der Waals surface area contributed by atoms with Crippen molar-refractivity contribution in [3.63, 3.8) is 0 Å². The zero-order valence-corrected chi connectivity index (χ0v) is 13.6. The Labute approximate surface area is 128 Å². The maximum absolute atomic E-state index is 11.3. The van der Waals surface area contributed by atoms with Gasteiger partial charge in [-0.1, -0.05) is 58.8 Å². The van der Waals surface area contributed by atoms with E-state index in [-0.39, 0.29) is 0 Å². The molecule has 0 aliphatic carbocycles. The van der Waals surface area contributed by atoms with Crippen LogP contribution in [0.5, 0.6) is 0 Å². The summed E-state index contributed by atoms with van der Waals surface area (Å²) in [6.45, 7) is 5.12. The summed E-state index contributed by atoms with van der Waals surface area (Å²) < 4.78 is 9.97. The van der Waals surface area contributed by atoms with Crippen molar-refractivity contribution in [2.75, 3.05) is 13.2 Å². The SMILES string of the molecule is CCCCCCCOC(=O)/C=C/C(=O)OCCCCCC. The van der Waals surface area contributed by atoms with Crippen molar-refractivity contribution in [2.24, 2.45) is 0 Å². The Kier molecular flexibility index (Phi) is 14.1. The molecule has 122 valence electrons. The van der Waals surface area contributed by atoms with E-state index in [9.17, 15) is 9.59 Å². The van der Waals surface area contributed by atoms with Crippen molar-refractivity contribution in [3.05, 3.63) is 12.2 Å². The molecule has 0 atom stereocenters. The number of ether oxygens (including phenoxy) is 2. The highest BCUT2D eigenvalue weighted by Gasteiger charge is 2.01. The first kappa shape index (κ1) is 19.7. The van der Waals surface area contributed by atoms with E-state index in [0.29, 0.717) is 13.2 Å².